The van der Waals surface area contributed by atoms with Crippen molar-refractivity contribution in [1.82, 2.24) is 0 Å². The number of carbonyl (C=O) groups excluding carboxylic acids is 1. The zero-order valence-corrected chi connectivity index (χ0v) is 16.2. The third kappa shape index (κ3) is 3.71. The number of benzene rings is 1. The number of nitrogens with zero attached hydrogens (tertiary/aromatic N) is 2. The van der Waals surface area contributed by atoms with Gasteiger partial charge in [0.25, 0.3) is 5.91 Å². The number of thioether (sulfide) groups is 1. The van der Waals surface area contributed by atoms with Gasteiger partial charge in [-0.15, -0.1) is 0 Å². The summed E-state index contributed by atoms with van der Waals surface area (Å²) in [5, 5.41) is 0.199. The summed E-state index contributed by atoms with van der Waals surface area (Å²) in [6.45, 7) is 3.70. The molecule has 0 radical (unpaired) electrons. The van der Waals surface area contributed by atoms with Gasteiger partial charge < -0.3 is 4.90 Å². The molecule has 0 saturated carbocycles. The van der Waals surface area contributed by atoms with Crippen molar-refractivity contribution >= 4 is 50.0 Å². The second-order valence-corrected chi connectivity index (χ2v) is 10.1. The lowest BCUT2D eigenvalue weighted by atomic mass is 10.1. The minimum absolute atomic E-state index is 0.0136. The molecule has 5 nitrogen and oxygen atoms in total. The second kappa shape index (κ2) is 6.89. The Bertz CT molecular complexity index is 844. The summed E-state index contributed by atoms with van der Waals surface area (Å²) in [5.74, 6) is -1.08. The van der Waals surface area contributed by atoms with E-state index in [1.165, 1.54) is 23.9 Å². The summed E-state index contributed by atoms with van der Waals surface area (Å²) in [7, 11) is -3.16. The van der Waals surface area contributed by atoms with E-state index in [-0.39, 0.29) is 39.6 Å². The summed E-state index contributed by atoms with van der Waals surface area (Å²) in [5.41, 5.74) is 0.453. The lowest BCUT2D eigenvalue weighted by Gasteiger charge is -2.24. The second-order valence-electron chi connectivity index (χ2n) is 6.31. The maximum atomic E-state index is 13.9. The van der Waals surface area contributed by atoms with E-state index in [1.54, 1.807) is 17.9 Å². The van der Waals surface area contributed by atoms with Gasteiger partial charge in [0, 0.05) is 16.9 Å². The summed E-state index contributed by atoms with van der Waals surface area (Å²) in [6.07, 6.45) is 0.664. The summed E-state index contributed by atoms with van der Waals surface area (Å²) in [4.78, 5) is 18.1. The molecule has 2 aliphatic rings. The maximum Gasteiger partial charge on any atom is 0.250 e. The van der Waals surface area contributed by atoms with E-state index >= 15 is 0 Å². The molecule has 0 spiro atoms. The molecule has 3 rings (SSSR count). The quantitative estimate of drug-likeness (QED) is 0.774. The van der Waals surface area contributed by atoms with Crippen molar-refractivity contribution in [2.75, 3.05) is 16.4 Å². The lowest BCUT2D eigenvalue weighted by molar-refractivity contribution is -0.121. The predicted molar refractivity (Wildman–Crippen MR) is 99.6 cm³/mol. The minimum Gasteiger partial charge on any atom is -0.315 e. The van der Waals surface area contributed by atoms with E-state index in [4.69, 9.17) is 11.6 Å². The fourth-order valence-corrected chi connectivity index (χ4v) is 6.92. The molecule has 9 heteroatoms. The van der Waals surface area contributed by atoms with Gasteiger partial charge in [-0.05, 0) is 24.6 Å². The number of anilines is 1. The topological polar surface area (TPSA) is 66.8 Å². The van der Waals surface area contributed by atoms with Crippen LogP contribution >= 0.6 is 23.4 Å². The first-order valence-electron chi connectivity index (χ1n) is 7.95. The normalized spacial score (nSPS) is 27.5. The number of halogens is 2. The van der Waals surface area contributed by atoms with Gasteiger partial charge in [0.05, 0.1) is 22.6 Å². The van der Waals surface area contributed by atoms with Crippen LogP contribution in [-0.2, 0) is 14.6 Å². The summed E-state index contributed by atoms with van der Waals surface area (Å²) < 4.78 is 37.9. The molecular weight excluding hydrogens is 387 g/mol. The highest BCUT2D eigenvalue weighted by molar-refractivity contribution is 8.16. The molecule has 2 fully saturated rings. The number of sulfone groups is 1. The number of rotatable bonds is 3. The van der Waals surface area contributed by atoms with Crippen molar-refractivity contribution in [3.05, 3.63) is 29.0 Å². The van der Waals surface area contributed by atoms with Crippen molar-refractivity contribution in [3.8, 4) is 0 Å². The van der Waals surface area contributed by atoms with Crippen LogP contribution in [0.5, 0.6) is 0 Å². The largest absolute Gasteiger partial charge is 0.315 e. The van der Waals surface area contributed by atoms with Crippen LogP contribution in [-0.4, -0.2) is 42.3 Å². The van der Waals surface area contributed by atoms with E-state index in [0.717, 1.165) is 0 Å². The fraction of sp³-hybridized carbons (Fsp3) is 0.500. The van der Waals surface area contributed by atoms with Crippen molar-refractivity contribution in [1.29, 1.82) is 0 Å². The average Bonchev–Trinajstić information content (AvgIpc) is 3.00. The minimum atomic E-state index is -3.16. The molecule has 136 valence electrons. The van der Waals surface area contributed by atoms with Gasteiger partial charge in [-0.25, -0.2) is 12.8 Å². The Morgan fingerprint density at radius 1 is 1.48 bits per heavy atom. The van der Waals surface area contributed by atoms with Crippen LogP contribution in [0, 0.1) is 11.7 Å². The van der Waals surface area contributed by atoms with E-state index in [0.29, 0.717) is 17.3 Å². The molecule has 0 aromatic heterocycles. The van der Waals surface area contributed by atoms with Gasteiger partial charge in [0.2, 0.25) is 0 Å². The van der Waals surface area contributed by atoms with E-state index in [9.17, 15) is 17.6 Å². The van der Waals surface area contributed by atoms with Crippen LogP contribution in [0.2, 0.25) is 5.02 Å². The first kappa shape index (κ1) is 18.7. The molecule has 2 aliphatic heterocycles. The SMILES string of the molecule is CC[C@H](C)C(=O)N=C1S[C@@H]2CS(=O)(=O)C[C@H]2N1c1ccc(Cl)c(F)c1. The van der Waals surface area contributed by atoms with Crippen LogP contribution in [0.25, 0.3) is 0 Å². The number of carbonyl (C=O) groups is 1. The van der Waals surface area contributed by atoms with Crippen LogP contribution in [0.15, 0.2) is 23.2 Å². The van der Waals surface area contributed by atoms with Crippen molar-refractivity contribution in [3.63, 3.8) is 0 Å². The van der Waals surface area contributed by atoms with E-state index < -0.39 is 15.7 Å². The number of hydrogen-bond acceptors (Lipinski definition) is 4. The van der Waals surface area contributed by atoms with E-state index in [1.807, 2.05) is 6.92 Å². The Morgan fingerprint density at radius 3 is 2.84 bits per heavy atom. The van der Waals surface area contributed by atoms with Crippen LogP contribution in [0.1, 0.15) is 20.3 Å². The molecule has 2 heterocycles. The Labute approximate surface area is 155 Å². The molecular formula is C16H18ClFN2O3S2. The third-order valence-corrected chi connectivity index (χ3v) is 8.00. The number of amides is 1. The highest BCUT2D eigenvalue weighted by Crippen LogP contribution is 2.41. The Balaban J connectivity index is 2.02. The molecule has 3 atom stereocenters. The van der Waals surface area contributed by atoms with Crippen LogP contribution in [0.3, 0.4) is 0 Å². The highest BCUT2D eigenvalue weighted by atomic mass is 35.5. The average molecular weight is 405 g/mol. The molecule has 1 aromatic carbocycles. The molecule has 0 unspecified atom stereocenters. The molecule has 1 amide bonds. The van der Waals surface area contributed by atoms with Crippen LogP contribution < -0.4 is 4.90 Å². The molecule has 1 aromatic rings. The van der Waals surface area contributed by atoms with Gasteiger partial charge in [0.15, 0.2) is 15.0 Å². The lowest BCUT2D eigenvalue weighted by Crippen LogP contribution is -2.38. The van der Waals surface area contributed by atoms with Gasteiger partial charge >= 0.3 is 0 Å². The number of hydrogen-bond donors (Lipinski definition) is 0. The number of fused-ring (bicyclic) bond motifs is 1. The zero-order chi connectivity index (χ0) is 18.4. The van der Waals surface area contributed by atoms with Crippen molar-refractivity contribution in [2.24, 2.45) is 10.9 Å². The van der Waals surface area contributed by atoms with E-state index in [2.05, 4.69) is 4.99 Å². The fourth-order valence-electron chi connectivity index (χ4n) is 2.88. The zero-order valence-electron chi connectivity index (χ0n) is 13.8. The molecule has 0 N–H and O–H groups in total. The maximum absolute atomic E-state index is 13.9. The van der Waals surface area contributed by atoms with Crippen molar-refractivity contribution < 1.29 is 17.6 Å². The monoisotopic (exact) mass is 404 g/mol. The Hall–Kier alpha value is -1.12. The summed E-state index contributed by atoms with van der Waals surface area (Å²) >= 11 is 7.02. The Morgan fingerprint density at radius 2 is 2.20 bits per heavy atom. The third-order valence-electron chi connectivity index (χ3n) is 4.49. The Kier molecular flexibility index (Phi) is 5.14. The predicted octanol–water partition coefficient (Wildman–Crippen LogP) is 3.13. The van der Waals surface area contributed by atoms with Crippen LogP contribution in [0.4, 0.5) is 10.1 Å². The van der Waals surface area contributed by atoms with Gasteiger partial charge in [0.1, 0.15) is 5.82 Å². The highest BCUT2D eigenvalue weighted by Gasteiger charge is 2.49. The van der Waals surface area contributed by atoms with Gasteiger partial charge in [-0.3, -0.25) is 4.79 Å². The number of aliphatic imine (C=N–C) groups is 1. The first-order valence-corrected chi connectivity index (χ1v) is 11.0. The van der Waals surface area contributed by atoms with Gasteiger partial charge in [-0.2, -0.15) is 4.99 Å². The van der Waals surface area contributed by atoms with Crippen molar-refractivity contribution in [2.45, 2.75) is 31.6 Å². The molecule has 2 saturated heterocycles. The standard InChI is InChI=1S/C16H18ClFN2O3S2/c1-3-9(2)15(21)19-16-20(10-4-5-11(17)12(18)6-10)13-7-25(22,23)8-14(13)24-16/h4-6,9,13-14H,3,7-8H2,1-2H3/t9-,13+,14+/m0/s1. The smallest absolute Gasteiger partial charge is 0.250 e. The molecule has 0 aliphatic carbocycles. The first-order chi connectivity index (χ1) is 11.7. The molecule has 25 heavy (non-hydrogen) atoms. The summed E-state index contributed by atoms with van der Waals surface area (Å²) in [6, 6.07) is 3.92. The molecule has 0 bridgehead atoms. The number of amidine groups is 1. The van der Waals surface area contributed by atoms with Gasteiger partial charge in [-0.1, -0.05) is 37.2 Å².